The first-order valence-corrected chi connectivity index (χ1v) is 5.62. The summed E-state index contributed by atoms with van der Waals surface area (Å²) in [4.78, 5) is 13.4. The van der Waals surface area contributed by atoms with Crippen molar-refractivity contribution in [3.8, 4) is 0 Å². The summed E-state index contributed by atoms with van der Waals surface area (Å²) in [5.74, 6) is -0.0891. The Hall–Kier alpha value is -0.570. The summed E-state index contributed by atoms with van der Waals surface area (Å²) >= 11 is 0. The topological polar surface area (TPSA) is 29.5 Å². The van der Waals surface area contributed by atoms with E-state index in [2.05, 4.69) is 18.7 Å². The molecule has 0 aromatic carbocycles. The van der Waals surface area contributed by atoms with Crippen molar-refractivity contribution in [1.82, 2.24) is 4.90 Å². The molecule has 0 unspecified atom stereocenters. The number of hydrogen-bond acceptors (Lipinski definition) is 3. The SMILES string of the molecule is CCCOC(=O)CN(CCC)CCC. The van der Waals surface area contributed by atoms with Gasteiger partial charge in [-0.05, 0) is 32.4 Å². The maximum absolute atomic E-state index is 11.3. The molecular formula is C11H23NO2. The Balaban J connectivity index is 3.71. The number of ether oxygens (including phenoxy) is 1. The normalized spacial score (nSPS) is 10.6. The van der Waals surface area contributed by atoms with Crippen LogP contribution in [-0.2, 0) is 9.53 Å². The molecule has 0 rings (SSSR count). The molecule has 0 aromatic rings. The van der Waals surface area contributed by atoms with Gasteiger partial charge in [0.05, 0.1) is 13.2 Å². The van der Waals surface area contributed by atoms with Crippen LogP contribution in [0.2, 0.25) is 0 Å². The van der Waals surface area contributed by atoms with Gasteiger partial charge in [-0.1, -0.05) is 20.8 Å². The number of rotatable bonds is 8. The van der Waals surface area contributed by atoms with Gasteiger partial charge < -0.3 is 4.74 Å². The molecule has 0 saturated carbocycles. The summed E-state index contributed by atoms with van der Waals surface area (Å²) in [7, 11) is 0. The van der Waals surface area contributed by atoms with E-state index in [0.717, 1.165) is 32.4 Å². The van der Waals surface area contributed by atoms with Gasteiger partial charge in [-0.25, -0.2) is 0 Å². The fourth-order valence-corrected chi connectivity index (χ4v) is 1.35. The van der Waals surface area contributed by atoms with Crippen molar-refractivity contribution >= 4 is 5.97 Å². The highest BCUT2D eigenvalue weighted by Crippen LogP contribution is 1.95. The predicted octanol–water partition coefficient (Wildman–Crippen LogP) is 2.06. The molecule has 0 radical (unpaired) electrons. The highest BCUT2D eigenvalue weighted by molar-refractivity contribution is 5.71. The molecule has 3 nitrogen and oxygen atoms in total. The van der Waals surface area contributed by atoms with Crippen molar-refractivity contribution in [3.63, 3.8) is 0 Å². The van der Waals surface area contributed by atoms with E-state index in [9.17, 15) is 4.79 Å². The minimum atomic E-state index is -0.0891. The minimum Gasteiger partial charge on any atom is -0.465 e. The van der Waals surface area contributed by atoms with Crippen LogP contribution >= 0.6 is 0 Å². The Kier molecular flexibility index (Phi) is 8.64. The number of esters is 1. The third-order valence-corrected chi connectivity index (χ3v) is 1.90. The first-order chi connectivity index (χ1) is 6.74. The molecule has 0 saturated heterocycles. The second kappa shape index (κ2) is 9.00. The summed E-state index contributed by atoms with van der Waals surface area (Å²) < 4.78 is 5.03. The van der Waals surface area contributed by atoms with Gasteiger partial charge in [-0.3, -0.25) is 9.69 Å². The largest absolute Gasteiger partial charge is 0.465 e. The molecule has 0 aliphatic rings. The van der Waals surface area contributed by atoms with Gasteiger partial charge in [0.25, 0.3) is 0 Å². The van der Waals surface area contributed by atoms with Gasteiger partial charge >= 0.3 is 5.97 Å². The van der Waals surface area contributed by atoms with E-state index in [1.807, 2.05) is 6.92 Å². The molecule has 0 aliphatic heterocycles. The first-order valence-electron chi connectivity index (χ1n) is 5.62. The zero-order valence-corrected chi connectivity index (χ0v) is 9.71. The molecular weight excluding hydrogens is 178 g/mol. The maximum Gasteiger partial charge on any atom is 0.320 e. The number of nitrogens with zero attached hydrogens (tertiary/aromatic N) is 1. The van der Waals surface area contributed by atoms with Crippen LogP contribution < -0.4 is 0 Å². The smallest absolute Gasteiger partial charge is 0.320 e. The molecule has 0 amide bonds. The van der Waals surface area contributed by atoms with E-state index >= 15 is 0 Å². The van der Waals surface area contributed by atoms with Crippen LogP contribution in [0.3, 0.4) is 0 Å². The van der Waals surface area contributed by atoms with Crippen LogP contribution in [0.1, 0.15) is 40.0 Å². The first kappa shape index (κ1) is 13.4. The highest BCUT2D eigenvalue weighted by atomic mass is 16.5. The molecule has 0 N–H and O–H groups in total. The molecule has 14 heavy (non-hydrogen) atoms. The van der Waals surface area contributed by atoms with E-state index in [1.54, 1.807) is 0 Å². The van der Waals surface area contributed by atoms with Crippen LogP contribution in [-0.4, -0.2) is 37.1 Å². The van der Waals surface area contributed by atoms with Crippen molar-refractivity contribution in [2.24, 2.45) is 0 Å². The van der Waals surface area contributed by atoms with E-state index < -0.39 is 0 Å². The molecule has 0 bridgehead atoms. The standard InChI is InChI=1S/C11H23NO2/c1-4-7-12(8-5-2)10-11(13)14-9-6-3/h4-10H2,1-3H3. The molecule has 0 aromatic heterocycles. The molecule has 0 fully saturated rings. The van der Waals surface area contributed by atoms with Gasteiger partial charge in [-0.2, -0.15) is 0 Å². The van der Waals surface area contributed by atoms with Gasteiger partial charge in [0.1, 0.15) is 0 Å². The van der Waals surface area contributed by atoms with Crippen LogP contribution in [0.25, 0.3) is 0 Å². The average Bonchev–Trinajstić information content (AvgIpc) is 2.15. The van der Waals surface area contributed by atoms with Crippen molar-refractivity contribution in [2.75, 3.05) is 26.2 Å². The molecule has 0 atom stereocenters. The lowest BCUT2D eigenvalue weighted by molar-refractivity contribution is -0.145. The van der Waals surface area contributed by atoms with Gasteiger partial charge in [0, 0.05) is 0 Å². The monoisotopic (exact) mass is 201 g/mol. The minimum absolute atomic E-state index is 0.0891. The Bertz CT molecular complexity index is 142. The number of carbonyl (C=O) groups excluding carboxylic acids is 1. The Morgan fingerprint density at radius 3 is 2.07 bits per heavy atom. The number of carbonyl (C=O) groups is 1. The van der Waals surface area contributed by atoms with Crippen LogP contribution in [0.5, 0.6) is 0 Å². The highest BCUT2D eigenvalue weighted by Gasteiger charge is 2.09. The lowest BCUT2D eigenvalue weighted by atomic mass is 10.3. The van der Waals surface area contributed by atoms with Crippen molar-refractivity contribution in [3.05, 3.63) is 0 Å². The van der Waals surface area contributed by atoms with E-state index in [4.69, 9.17) is 4.74 Å². The van der Waals surface area contributed by atoms with E-state index in [-0.39, 0.29) is 5.97 Å². The summed E-state index contributed by atoms with van der Waals surface area (Å²) in [5.41, 5.74) is 0. The molecule has 84 valence electrons. The third kappa shape index (κ3) is 6.89. The van der Waals surface area contributed by atoms with Crippen LogP contribution in [0.15, 0.2) is 0 Å². The summed E-state index contributed by atoms with van der Waals surface area (Å²) in [6.45, 7) is 9.21. The zero-order valence-electron chi connectivity index (χ0n) is 9.71. The molecule has 0 spiro atoms. The van der Waals surface area contributed by atoms with Gasteiger partial charge in [0.15, 0.2) is 0 Å². The lowest BCUT2D eigenvalue weighted by Crippen LogP contribution is -2.32. The van der Waals surface area contributed by atoms with Crippen LogP contribution in [0, 0.1) is 0 Å². The summed E-state index contributed by atoms with van der Waals surface area (Å²) in [5, 5.41) is 0. The fraction of sp³-hybridized carbons (Fsp3) is 0.909. The zero-order chi connectivity index (χ0) is 10.8. The maximum atomic E-state index is 11.3. The van der Waals surface area contributed by atoms with Crippen molar-refractivity contribution in [2.45, 2.75) is 40.0 Å². The number of hydrogen-bond donors (Lipinski definition) is 0. The van der Waals surface area contributed by atoms with Crippen molar-refractivity contribution < 1.29 is 9.53 Å². The third-order valence-electron chi connectivity index (χ3n) is 1.90. The average molecular weight is 201 g/mol. The van der Waals surface area contributed by atoms with Gasteiger partial charge in [-0.15, -0.1) is 0 Å². The van der Waals surface area contributed by atoms with Crippen LogP contribution in [0.4, 0.5) is 0 Å². The molecule has 0 heterocycles. The predicted molar refractivity (Wildman–Crippen MR) is 58.3 cm³/mol. The molecule has 0 aliphatic carbocycles. The van der Waals surface area contributed by atoms with E-state index in [1.165, 1.54) is 0 Å². The van der Waals surface area contributed by atoms with Gasteiger partial charge in [0.2, 0.25) is 0 Å². The summed E-state index contributed by atoms with van der Waals surface area (Å²) in [6, 6.07) is 0. The lowest BCUT2D eigenvalue weighted by Gasteiger charge is -2.19. The van der Waals surface area contributed by atoms with Crippen molar-refractivity contribution in [1.29, 1.82) is 0 Å². The second-order valence-electron chi connectivity index (χ2n) is 3.50. The quantitative estimate of drug-likeness (QED) is 0.563. The fourth-order valence-electron chi connectivity index (χ4n) is 1.35. The second-order valence-corrected chi connectivity index (χ2v) is 3.50. The summed E-state index contributed by atoms with van der Waals surface area (Å²) in [6.07, 6.45) is 3.06. The van der Waals surface area contributed by atoms with E-state index in [0.29, 0.717) is 13.2 Å². The Morgan fingerprint density at radius 1 is 1.07 bits per heavy atom. The molecule has 3 heteroatoms. The Morgan fingerprint density at radius 2 is 1.64 bits per heavy atom. The Labute approximate surface area is 87.4 Å².